The van der Waals surface area contributed by atoms with Crippen molar-refractivity contribution >= 4 is 10.0 Å². The number of nitriles is 1. The van der Waals surface area contributed by atoms with Crippen LogP contribution >= 0.6 is 0 Å². The van der Waals surface area contributed by atoms with Crippen molar-refractivity contribution in [2.75, 3.05) is 13.3 Å². The zero-order valence-corrected chi connectivity index (χ0v) is 9.45. The first-order valence-corrected chi connectivity index (χ1v) is 6.18. The van der Waals surface area contributed by atoms with E-state index in [0.29, 0.717) is 5.56 Å². The van der Waals surface area contributed by atoms with Crippen LogP contribution in [0, 0.1) is 11.3 Å². The summed E-state index contributed by atoms with van der Waals surface area (Å²) in [6, 6.07) is 8.91. The fourth-order valence-electron chi connectivity index (χ4n) is 1.11. The highest BCUT2D eigenvalue weighted by Gasteiger charge is 2.10. The Kier molecular flexibility index (Phi) is 3.45. The maximum Gasteiger partial charge on any atom is 0.211 e. The molecule has 0 unspecified atom stereocenters. The molecule has 0 N–H and O–H groups in total. The van der Waals surface area contributed by atoms with Gasteiger partial charge in [0.25, 0.3) is 0 Å². The van der Waals surface area contributed by atoms with Gasteiger partial charge in [0.2, 0.25) is 10.0 Å². The van der Waals surface area contributed by atoms with Crippen LogP contribution < -0.4 is 0 Å². The average molecular weight is 224 g/mol. The minimum absolute atomic E-state index is 0.286. The highest BCUT2D eigenvalue weighted by atomic mass is 32.2. The number of hydrogen-bond acceptors (Lipinski definition) is 3. The Balaban J connectivity index is 2.87. The molecule has 0 aliphatic rings. The summed E-state index contributed by atoms with van der Waals surface area (Å²) in [6.07, 6.45) is 1.15. The van der Waals surface area contributed by atoms with Gasteiger partial charge in [0, 0.05) is 13.6 Å². The number of nitrogens with zero attached hydrogens (tertiary/aromatic N) is 2. The van der Waals surface area contributed by atoms with E-state index in [1.54, 1.807) is 24.3 Å². The molecule has 0 fully saturated rings. The molecule has 1 aromatic carbocycles. The maximum absolute atomic E-state index is 11.2. The van der Waals surface area contributed by atoms with Crippen LogP contribution in [0.1, 0.15) is 11.1 Å². The summed E-state index contributed by atoms with van der Waals surface area (Å²) in [6.45, 7) is 0.286. The molecule has 80 valence electrons. The first-order chi connectivity index (χ1) is 6.93. The summed E-state index contributed by atoms with van der Waals surface area (Å²) in [5.74, 6) is 0. The molecule has 0 aliphatic heterocycles. The molecule has 0 heterocycles. The first-order valence-electron chi connectivity index (χ1n) is 4.34. The third-order valence-electron chi connectivity index (χ3n) is 2.03. The first kappa shape index (κ1) is 11.7. The highest BCUT2D eigenvalue weighted by Crippen LogP contribution is 2.08. The fraction of sp³-hybridized carbons (Fsp3) is 0.300. The van der Waals surface area contributed by atoms with E-state index in [4.69, 9.17) is 5.26 Å². The van der Waals surface area contributed by atoms with E-state index >= 15 is 0 Å². The highest BCUT2D eigenvalue weighted by molar-refractivity contribution is 7.88. The number of rotatable bonds is 3. The van der Waals surface area contributed by atoms with Gasteiger partial charge in [0.1, 0.15) is 0 Å². The second-order valence-corrected chi connectivity index (χ2v) is 5.42. The van der Waals surface area contributed by atoms with Crippen molar-refractivity contribution in [3.05, 3.63) is 35.4 Å². The molecule has 0 aliphatic carbocycles. The number of benzene rings is 1. The lowest BCUT2D eigenvalue weighted by Gasteiger charge is -2.13. The Bertz CT molecular complexity index is 488. The summed E-state index contributed by atoms with van der Waals surface area (Å²) in [4.78, 5) is 0. The summed E-state index contributed by atoms with van der Waals surface area (Å²) in [5.41, 5.74) is 1.34. The maximum atomic E-state index is 11.2. The van der Waals surface area contributed by atoms with Crippen molar-refractivity contribution in [3.63, 3.8) is 0 Å². The monoisotopic (exact) mass is 224 g/mol. The third kappa shape index (κ3) is 3.35. The number of hydrogen-bond donors (Lipinski definition) is 0. The van der Waals surface area contributed by atoms with Gasteiger partial charge in [0.05, 0.1) is 17.9 Å². The van der Waals surface area contributed by atoms with Gasteiger partial charge < -0.3 is 0 Å². The van der Waals surface area contributed by atoms with Crippen molar-refractivity contribution < 1.29 is 8.42 Å². The van der Waals surface area contributed by atoms with Gasteiger partial charge in [-0.05, 0) is 17.7 Å². The van der Waals surface area contributed by atoms with Gasteiger partial charge in [-0.3, -0.25) is 0 Å². The molecule has 0 spiro atoms. The Morgan fingerprint density at radius 1 is 1.47 bits per heavy atom. The van der Waals surface area contributed by atoms with Crippen molar-refractivity contribution in [2.45, 2.75) is 6.54 Å². The lowest BCUT2D eigenvalue weighted by atomic mass is 10.1. The SMILES string of the molecule is CN(Cc1cccc(C#N)c1)S(C)(=O)=O. The molecule has 0 radical (unpaired) electrons. The van der Waals surface area contributed by atoms with Crippen molar-refractivity contribution in [3.8, 4) is 6.07 Å². The minimum Gasteiger partial charge on any atom is -0.213 e. The van der Waals surface area contributed by atoms with Crippen molar-refractivity contribution in [1.82, 2.24) is 4.31 Å². The van der Waals surface area contributed by atoms with E-state index in [-0.39, 0.29) is 6.54 Å². The molecular weight excluding hydrogens is 212 g/mol. The predicted octanol–water partition coefficient (Wildman–Crippen LogP) is 0.950. The van der Waals surface area contributed by atoms with Gasteiger partial charge in [-0.25, -0.2) is 12.7 Å². The van der Waals surface area contributed by atoms with Crippen molar-refractivity contribution in [1.29, 1.82) is 5.26 Å². The van der Waals surface area contributed by atoms with Crippen LogP contribution in [0.3, 0.4) is 0 Å². The fourth-order valence-corrected chi connectivity index (χ4v) is 1.50. The smallest absolute Gasteiger partial charge is 0.211 e. The quantitative estimate of drug-likeness (QED) is 0.768. The van der Waals surface area contributed by atoms with Crippen LogP contribution in [0.25, 0.3) is 0 Å². The van der Waals surface area contributed by atoms with Crippen LogP contribution in [0.15, 0.2) is 24.3 Å². The van der Waals surface area contributed by atoms with E-state index in [1.165, 1.54) is 11.4 Å². The molecule has 15 heavy (non-hydrogen) atoms. The second-order valence-electron chi connectivity index (χ2n) is 3.33. The standard InChI is InChI=1S/C10H12N2O2S/c1-12(15(2,13)14)8-10-5-3-4-9(6-10)7-11/h3-6H,8H2,1-2H3. The van der Waals surface area contributed by atoms with Crippen LogP contribution in [0.4, 0.5) is 0 Å². The average Bonchev–Trinajstić information content (AvgIpc) is 2.16. The largest absolute Gasteiger partial charge is 0.213 e. The van der Waals surface area contributed by atoms with Gasteiger partial charge in [-0.15, -0.1) is 0 Å². The van der Waals surface area contributed by atoms with Crippen LogP contribution in [0.2, 0.25) is 0 Å². The van der Waals surface area contributed by atoms with E-state index < -0.39 is 10.0 Å². The third-order valence-corrected chi connectivity index (χ3v) is 3.29. The topological polar surface area (TPSA) is 61.2 Å². The van der Waals surface area contributed by atoms with Crippen molar-refractivity contribution in [2.24, 2.45) is 0 Å². The summed E-state index contributed by atoms with van der Waals surface area (Å²) < 4.78 is 23.5. The Morgan fingerprint density at radius 3 is 2.67 bits per heavy atom. The summed E-state index contributed by atoms with van der Waals surface area (Å²) >= 11 is 0. The lowest BCUT2D eigenvalue weighted by Crippen LogP contribution is -2.24. The molecule has 1 aromatic rings. The van der Waals surface area contributed by atoms with Gasteiger partial charge in [0.15, 0.2) is 0 Å². The Morgan fingerprint density at radius 2 is 2.13 bits per heavy atom. The van der Waals surface area contributed by atoms with E-state index in [2.05, 4.69) is 0 Å². The zero-order valence-electron chi connectivity index (χ0n) is 8.64. The molecule has 0 saturated heterocycles. The van der Waals surface area contributed by atoms with E-state index in [0.717, 1.165) is 11.8 Å². The summed E-state index contributed by atoms with van der Waals surface area (Å²) in [5, 5.41) is 8.67. The molecular formula is C10H12N2O2S. The number of sulfonamides is 1. The minimum atomic E-state index is -3.17. The molecule has 5 heteroatoms. The van der Waals surface area contributed by atoms with Crippen LogP contribution in [-0.2, 0) is 16.6 Å². The zero-order chi connectivity index (χ0) is 11.5. The lowest BCUT2D eigenvalue weighted by molar-refractivity contribution is 0.472. The molecule has 1 rings (SSSR count). The molecule has 4 nitrogen and oxygen atoms in total. The Labute approximate surface area is 89.8 Å². The summed E-state index contributed by atoms with van der Waals surface area (Å²) in [7, 11) is -1.66. The van der Waals surface area contributed by atoms with E-state index in [9.17, 15) is 8.42 Å². The molecule has 0 bridgehead atoms. The normalized spacial score (nSPS) is 11.3. The van der Waals surface area contributed by atoms with Gasteiger partial charge in [-0.2, -0.15) is 5.26 Å². The molecule has 0 amide bonds. The Hall–Kier alpha value is -1.38. The second kappa shape index (κ2) is 4.43. The van der Waals surface area contributed by atoms with Gasteiger partial charge in [-0.1, -0.05) is 12.1 Å². The van der Waals surface area contributed by atoms with E-state index in [1.807, 2.05) is 6.07 Å². The van der Waals surface area contributed by atoms with Crippen LogP contribution in [0.5, 0.6) is 0 Å². The molecule has 0 atom stereocenters. The van der Waals surface area contributed by atoms with Crippen LogP contribution in [-0.4, -0.2) is 26.0 Å². The predicted molar refractivity (Wildman–Crippen MR) is 57.5 cm³/mol. The molecule has 0 aromatic heterocycles. The van der Waals surface area contributed by atoms with Gasteiger partial charge >= 0.3 is 0 Å². The molecule has 0 saturated carbocycles.